The van der Waals surface area contributed by atoms with Gasteiger partial charge in [0.25, 0.3) is 0 Å². The van der Waals surface area contributed by atoms with Crippen molar-refractivity contribution in [3.63, 3.8) is 0 Å². The highest BCUT2D eigenvalue weighted by molar-refractivity contribution is 5.87. The quantitative estimate of drug-likeness (QED) is 0.738. The van der Waals surface area contributed by atoms with E-state index in [1.54, 1.807) is 12.1 Å². The van der Waals surface area contributed by atoms with Gasteiger partial charge in [0.1, 0.15) is 0 Å². The lowest BCUT2D eigenvalue weighted by molar-refractivity contribution is -0.120. The molecule has 2 aliphatic heterocycles. The smallest absolute Gasteiger partial charge is 0.335 e. The molecule has 3 atom stereocenters. The molecule has 3 aliphatic rings. The summed E-state index contributed by atoms with van der Waals surface area (Å²) in [5.41, 5.74) is 3.01. The van der Waals surface area contributed by atoms with Crippen molar-refractivity contribution in [1.82, 2.24) is 10.2 Å². The van der Waals surface area contributed by atoms with E-state index >= 15 is 0 Å². The minimum absolute atomic E-state index is 0.0245. The molecule has 31 heavy (non-hydrogen) atoms. The minimum atomic E-state index is -0.870. The maximum Gasteiger partial charge on any atom is 0.335 e. The first-order chi connectivity index (χ1) is 15.1. The van der Waals surface area contributed by atoms with Crippen molar-refractivity contribution in [2.75, 3.05) is 19.7 Å². The van der Waals surface area contributed by atoms with E-state index < -0.39 is 5.97 Å². The zero-order chi connectivity index (χ0) is 21.3. The predicted octanol–water partition coefficient (Wildman–Crippen LogP) is 4.04. The third kappa shape index (κ3) is 4.84. The molecule has 0 radical (unpaired) electrons. The van der Waals surface area contributed by atoms with E-state index in [1.807, 2.05) is 12.1 Å². The van der Waals surface area contributed by atoms with Crippen LogP contribution in [0.15, 0.2) is 54.6 Å². The second-order valence-corrected chi connectivity index (χ2v) is 9.53. The number of carboxylic acids is 1. The highest BCUT2D eigenvalue weighted by Crippen LogP contribution is 2.43. The highest BCUT2D eigenvalue weighted by atomic mass is 16.5. The van der Waals surface area contributed by atoms with Crippen molar-refractivity contribution in [2.24, 2.45) is 0 Å². The molecule has 0 bridgehead atoms. The van der Waals surface area contributed by atoms with Crippen LogP contribution >= 0.6 is 0 Å². The summed E-state index contributed by atoms with van der Waals surface area (Å²) in [6, 6.07) is 19.3. The minimum Gasteiger partial charge on any atom is -0.478 e. The fourth-order valence-corrected chi connectivity index (χ4v) is 5.40. The normalized spacial score (nSPS) is 27.8. The number of nitrogens with zero attached hydrogens (tertiary/aromatic N) is 1. The van der Waals surface area contributed by atoms with Crippen LogP contribution in [0.25, 0.3) is 0 Å². The summed E-state index contributed by atoms with van der Waals surface area (Å²) >= 11 is 0. The van der Waals surface area contributed by atoms with Crippen LogP contribution in [0.1, 0.15) is 59.5 Å². The first-order valence-corrected chi connectivity index (χ1v) is 11.6. The third-order valence-electron chi connectivity index (χ3n) is 7.34. The molecule has 164 valence electrons. The molecule has 2 saturated heterocycles. The van der Waals surface area contributed by atoms with Gasteiger partial charge in [0.15, 0.2) is 0 Å². The summed E-state index contributed by atoms with van der Waals surface area (Å²) in [4.78, 5) is 13.5. The van der Waals surface area contributed by atoms with Crippen LogP contribution in [-0.2, 0) is 11.3 Å². The average Bonchev–Trinajstić information content (AvgIpc) is 3.56. The van der Waals surface area contributed by atoms with Crippen LogP contribution in [0, 0.1) is 0 Å². The molecular weight excluding hydrogens is 388 g/mol. The molecule has 5 nitrogen and oxygen atoms in total. The Morgan fingerprint density at radius 1 is 1.10 bits per heavy atom. The Morgan fingerprint density at radius 3 is 2.55 bits per heavy atom. The van der Waals surface area contributed by atoms with E-state index in [4.69, 9.17) is 9.84 Å². The van der Waals surface area contributed by atoms with E-state index in [0.29, 0.717) is 23.6 Å². The summed E-state index contributed by atoms with van der Waals surface area (Å²) < 4.78 is 6.36. The van der Waals surface area contributed by atoms with Crippen LogP contribution < -0.4 is 5.32 Å². The molecule has 1 aliphatic carbocycles. The molecular formula is C26H32N2O3. The second-order valence-electron chi connectivity index (χ2n) is 9.53. The molecule has 2 aromatic rings. The van der Waals surface area contributed by atoms with Gasteiger partial charge in [-0.25, -0.2) is 4.79 Å². The molecule has 0 amide bonds. The fourth-order valence-electron chi connectivity index (χ4n) is 5.40. The fraction of sp³-hybridized carbons (Fsp3) is 0.500. The summed E-state index contributed by atoms with van der Waals surface area (Å²) in [5, 5.41) is 13.0. The maximum absolute atomic E-state index is 11.0. The number of piperidine rings is 1. The topological polar surface area (TPSA) is 61.8 Å². The molecule has 0 aromatic heterocycles. The van der Waals surface area contributed by atoms with E-state index in [0.717, 1.165) is 51.9 Å². The van der Waals surface area contributed by atoms with Crippen molar-refractivity contribution in [2.45, 2.75) is 62.3 Å². The van der Waals surface area contributed by atoms with E-state index in [-0.39, 0.29) is 5.60 Å². The van der Waals surface area contributed by atoms with Gasteiger partial charge in [-0.05, 0) is 55.4 Å². The highest BCUT2D eigenvalue weighted by Gasteiger charge is 2.44. The Hall–Kier alpha value is -2.21. The number of hydrogen-bond donors (Lipinski definition) is 2. The third-order valence-corrected chi connectivity index (χ3v) is 7.34. The molecule has 2 N–H and O–H groups in total. The zero-order valence-corrected chi connectivity index (χ0v) is 18.0. The number of ether oxygens (including phenoxy) is 1. The Labute approximate surface area is 184 Å². The number of nitrogens with one attached hydrogen (secondary N) is 1. The number of hydrogen-bond acceptors (Lipinski definition) is 4. The van der Waals surface area contributed by atoms with Crippen LogP contribution in [0.2, 0.25) is 0 Å². The standard InChI is InChI=1S/C26H32N2O3/c29-25(30)21-8-6-19(7-9-21)18-28-13-11-26(12-14-28)17-22(10-15-31-26)27-24-16-23(24)20-4-2-1-3-5-20/h1-9,22-24,27H,10-18H2,(H,29,30)/t22?,23-,24+/m0/s1. The molecule has 5 heteroatoms. The van der Waals surface area contributed by atoms with Gasteiger partial charge >= 0.3 is 5.97 Å². The van der Waals surface area contributed by atoms with Gasteiger partial charge in [0.05, 0.1) is 11.2 Å². The molecule has 1 unspecified atom stereocenters. The molecule has 2 aromatic carbocycles. The van der Waals surface area contributed by atoms with E-state index in [2.05, 4.69) is 40.5 Å². The predicted molar refractivity (Wildman–Crippen MR) is 120 cm³/mol. The SMILES string of the molecule is O=C(O)c1ccc(CN2CCC3(CC2)CC(N[C@@H]2C[C@H]2c2ccccc2)CCO3)cc1. The summed E-state index contributed by atoms with van der Waals surface area (Å²) in [7, 11) is 0. The monoisotopic (exact) mass is 420 g/mol. The zero-order valence-electron chi connectivity index (χ0n) is 18.0. The lowest BCUT2D eigenvalue weighted by atomic mass is 9.82. The van der Waals surface area contributed by atoms with Gasteiger partial charge in [-0.1, -0.05) is 42.5 Å². The van der Waals surface area contributed by atoms with Gasteiger partial charge < -0.3 is 15.2 Å². The number of carbonyl (C=O) groups is 1. The lowest BCUT2D eigenvalue weighted by Crippen LogP contribution is -2.53. The van der Waals surface area contributed by atoms with Crippen molar-refractivity contribution < 1.29 is 14.6 Å². The van der Waals surface area contributed by atoms with Crippen LogP contribution in [0.4, 0.5) is 0 Å². The van der Waals surface area contributed by atoms with Gasteiger partial charge in [0, 0.05) is 44.2 Å². The summed E-state index contributed by atoms with van der Waals surface area (Å²) in [6.45, 7) is 3.79. The molecule has 3 fully saturated rings. The Bertz CT molecular complexity index is 891. The van der Waals surface area contributed by atoms with Crippen molar-refractivity contribution in [1.29, 1.82) is 0 Å². The van der Waals surface area contributed by atoms with Crippen LogP contribution in [0.5, 0.6) is 0 Å². The Morgan fingerprint density at radius 2 is 1.84 bits per heavy atom. The maximum atomic E-state index is 11.0. The number of carboxylic acid groups (broad SMARTS) is 1. The number of likely N-dealkylation sites (tertiary alicyclic amines) is 1. The van der Waals surface area contributed by atoms with Gasteiger partial charge in [-0.2, -0.15) is 0 Å². The van der Waals surface area contributed by atoms with Gasteiger partial charge in [-0.3, -0.25) is 4.90 Å². The van der Waals surface area contributed by atoms with Gasteiger partial charge in [-0.15, -0.1) is 0 Å². The second kappa shape index (κ2) is 8.73. The van der Waals surface area contributed by atoms with E-state index in [1.165, 1.54) is 17.5 Å². The van der Waals surface area contributed by atoms with Gasteiger partial charge in [0.2, 0.25) is 0 Å². The lowest BCUT2D eigenvalue weighted by Gasteiger charge is -2.46. The summed E-state index contributed by atoms with van der Waals surface area (Å²) in [5.74, 6) is -0.195. The van der Waals surface area contributed by atoms with Crippen molar-refractivity contribution in [3.8, 4) is 0 Å². The summed E-state index contributed by atoms with van der Waals surface area (Å²) in [6.07, 6.45) is 5.63. The Kier molecular flexibility index (Phi) is 5.83. The van der Waals surface area contributed by atoms with E-state index in [9.17, 15) is 4.79 Å². The first-order valence-electron chi connectivity index (χ1n) is 11.6. The van der Waals surface area contributed by atoms with Crippen molar-refractivity contribution in [3.05, 3.63) is 71.3 Å². The Balaban J connectivity index is 1.11. The number of rotatable bonds is 6. The average molecular weight is 421 g/mol. The molecule has 1 spiro atoms. The number of aromatic carboxylic acids is 1. The van der Waals surface area contributed by atoms with Crippen molar-refractivity contribution >= 4 is 5.97 Å². The number of benzene rings is 2. The molecule has 2 heterocycles. The molecule has 5 rings (SSSR count). The van der Waals surface area contributed by atoms with Crippen LogP contribution in [-0.4, -0.2) is 53.4 Å². The molecule has 1 saturated carbocycles. The first kappa shape index (κ1) is 20.7. The van der Waals surface area contributed by atoms with Crippen LogP contribution in [0.3, 0.4) is 0 Å². The largest absolute Gasteiger partial charge is 0.478 e.